The Hall–Kier alpha value is -1.67. The van der Waals surface area contributed by atoms with Crippen LogP contribution in [0.4, 0.5) is 13.2 Å². The summed E-state index contributed by atoms with van der Waals surface area (Å²) in [5, 5.41) is 0.758. The molecule has 1 aromatic carbocycles. The zero-order valence-corrected chi connectivity index (χ0v) is 13.7. The van der Waals surface area contributed by atoms with E-state index in [4.69, 9.17) is 5.73 Å². The van der Waals surface area contributed by atoms with Gasteiger partial charge >= 0.3 is 12.1 Å². The number of nitrogens with two attached hydrogens (primary N) is 1. The largest absolute Gasteiger partial charge is 0.464 e. The van der Waals surface area contributed by atoms with Crippen molar-refractivity contribution in [3.05, 3.63) is 40.5 Å². The van der Waals surface area contributed by atoms with Crippen LogP contribution >= 0.6 is 15.9 Å². The molecule has 0 aliphatic carbocycles. The van der Waals surface area contributed by atoms with Crippen LogP contribution in [0.15, 0.2) is 34.8 Å². The minimum atomic E-state index is -4.95. The fourth-order valence-corrected chi connectivity index (χ4v) is 2.45. The number of alkyl halides is 3. The van der Waals surface area contributed by atoms with E-state index in [0.717, 1.165) is 9.86 Å². The Balaban J connectivity index is 2.40. The predicted octanol–water partition coefficient (Wildman–Crippen LogP) is 3.36. The van der Waals surface area contributed by atoms with Crippen LogP contribution in [0.1, 0.15) is 12.6 Å². The lowest BCUT2D eigenvalue weighted by Crippen LogP contribution is -2.61. The summed E-state index contributed by atoms with van der Waals surface area (Å²) in [5.74, 6) is -1.51. The maximum absolute atomic E-state index is 13.3. The highest BCUT2D eigenvalue weighted by Gasteiger charge is 2.59. The molecule has 1 heterocycles. The van der Waals surface area contributed by atoms with Crippen molar-refractivity contribution in [2.24, 2.45) is 5.73 Å². The maximum atomic E-state index is 13.3. The van der Waals surface area contributed by atoms with Crippen LogP contribution in [0.3, 0.4) is 0 Å². The van der Waals surface area contributed by atoms with Crippen molar-refractivity contribution in [1.82, 2.24) is 4.98 Å². The molecule has 1 unspecified atom stereocenters. The number of rotatable bonds is 4. The molecule has 8 heteroatoms. The van der Waals surface area contributed by atoms with Crippen molar-refractivity contribution in [2.75, 3.05) is 6.61 Å². The number of benzene rings is 1. The summed E-state index contributed by atoms with van der Waals surface area (Å²) >= 11 is 3.30. The van der Waals surface area contributed by atoms with Crippen molar-refractivity contribution in [3.63, 3.8) is 0 Å². The number of nitrogens with zero attached hydrogens (tertiary/aromatic N) is 1. The molecule has 0 radical (unpaired) electrons. The van der Waals surface area contributed by atoms with Gasteiger partial charge in [0.25, 0.3) is 0 Å². The fourth-order valence-electron chi connectivity index (χ4n) is 2.07. The van der Waals surface area contributed by atoms with Gasteiger partial charge in [-0.25, -0.2) is 4.79 Å². The molecule has 0 fully saturated rings. The van der Waals surface area contributed by atoms with Gasteiger partial charge < -0.3 is 10.5 Å². The number of ether oxygens (including phenoxy) is 1. The van der Waals surface area contributed by atoms with Crippen LogP contribution < -0.4 is 5.73 Å². The molecule has 2 rings (SSSR count). The van der Waals surface area contributed by atoms with Crippen LogP contribution in [0.25, 0.3) is 10.9 Å². The highest BCUT2D eigenvalue weighted by molar-refractivity contribution is 9.10. The lowest BCUT2D eigenvalue weighted by molar-refractivity contribution is -0.205. The van der Waals surface area contributed by atoms with Gasteiger partial charge in [-0.1, -0.05) is 22.0 Å². The van der Waals surface area contributed by atoms with E-state index in [0.29, 0.717) is 5.52 Å². The number of carbonyl (C=O) groups excluding carboxylic acids is 1. The van der Waals surface area contributed by atoms with E-state index in [-0.39, 0.29) is 12.3 Å². The number of carbonyl (C=O) groups is 1. The summed E-state index contributed by atoms with van der Waals surface area (Å²) in [6.07, 6.45) is -5.74. The molecule has 124 valence electrons. The van der Waals surface area contributed by atoms with Crippen LogP contribution in [-0.2, 0) is 16.0 Å². The second-order valence-corrected chi connectivity index (χ2v) is 5.92. The Morgan fingerprint density at radius 2 is 2.00 bits per heavy atom. The van der Waals surface area contributed by atoms with E-state index in [1.54, 1.807) is 24.3 Å². The Kier molecular flexibility index (Phi) is 4.95. The molecule has 0 saturated carbocycles. The molecular weight excluding hydrogens is 377 g/mol. The number of aromatic nitrogens is 1. The molecule has 23 heavy (non-hydrogen) atoms. The zero-order valence-electron chi connectivity index (χ0n) is 12.2. The molecule has 1 aromatic heterocycles. The van der Waals surface area contributed by atoms with Gasteiger partial charge in [0.15, 0.2) is 0 Å². The van der Waals surface area contributed by atoms with Gasteiger partial charge in [-0.2, -0.15) is 13.2 Å². The van der Waals surface area contributed by atoms with E-state index in [1.807, 2.05) is 0 Å². The number of fused-ring (bicyclic) bond motifs is 1. The van der Waals surface area contributed by atoms with Crippen LogP contribution in [0.5, 0.6) is 0 Å². The monoisotopic (exact) mass is 390 g/mol. The first-order valence-electron chi connectivity index (χ1n) is 6.75. The normalized spacial score (nSPS) is 14.5. The average Bonchev–Trinajstić information content (AvgIpc) is 2.46. The minimum absolute atomic E-state index is 0.0627. The summed E-state index contributed by atoms with van der Waals surface area (Å²) in [4.78, 5) is 15.9. The second-order valence-electron chi connectivity index (χ2n) is 5.01. The Labute approximate surface area is 139 Å². The lowest BCUT2D eigenvalue weighted by Gasteiger charge is -2.29. The second kappa shape index (κ2) is 6.45. The highest BCUT2D eigenvalue weighted by Crippen LogP contribution is 2.32. The van der Waals surface area contributed by atoms with Crippen molar-refractivity contribution < 1.29 is 22.7 Å². The minimum Gasteiger partial charge on any atom is -0.464 e. The smallest absolute Gasteiger partial charge is 0.417 e. The molecule has 4 nitrogen and oxygen atoms in total. The first kappa shape index (κ1) is 17.7. The molecule has 0 bridgehead atoms. The van der Waals surface area contributed by atoms with E-state index >= 15 is 0 Å². The van der Waals surface area contributed by atoms with Gasteiger partial charge in [0.2, 0.25) is 5.54 Å². The quantitative estimate of drug-likeness (QED) is 0.812. The van der Waals surface area contributed by atoms with Gasteiger partial charge in [0, 0.05) is 22.0 Å². The van der Waals surface area contributed by atoms with Crippen molar-refractivity contribution in [2.45, 2.75) is 25.1 Å². The van der Waals surface area contributed by atoms with Crippen molar-refractivity contribution in [3.8, 4) is 0 Å². The Morgan fingerprint density at radius 3 is 2.61 bits per heavy atom. The lowest BCUT2D eigenvalue weighted by atomic mass is 9.93. The number of hydrogen-bond acceptors (Lipinski definition) is 4. The summed E-state index contributed by atoms with van der Waals surface area (Å²) in [5.41, 5.74) is 2.81. The average molecular weight is 391 g/mol. The van der Waals surface area contributed by atoms with Gasteiger partial charge in [-0.3, -0.25) is 4.98 Å². The third-order valence-electron chi connectivity index (χ3n) is 3.31. The van der Waals surface area contributed by atoms with Gasteiger partial charge in [0.05, 0.1) is 12.1 Å². The summed E-state index contributed by atoms with van der Waals surface area (Å²) in [6, 6.07) is 8.23. The van der Waals surface area contributed by atoms with E-state index in [2.05, 4.69) is 25.7 Å². The Bertz CT molecular complexity index is 736. The standard InChI is InChI=1S/C15H14BrF3N2O2/c1-2-23-13(22)14(20,15(17,18)19)8-11-5-3-9-7-10(16)4-6-12(9)21-11/h3-7H,2,8,20H2,1H3. The van der Waals surface area contributed by atoms with Crippen molar-refractivity contribution >= 4 is 32.8 Å². The van der Waals surface area contributed by atoms with Crippen LogP contribution in [0, 0.1) is 0 Å². The third-order valence-corrected chi connectivity index (χ3v) is 3.81. The Morgan fingerprint density at radius 1 is 1.30 bits per heavy atom. The van der Waals surface area contributed by atoms with Crippen LogP contribution in [0.2, 0.25) is 0 Å². The molecule has 1 atom stereocenters. The van der Waals surface area contributed by atoms with Gasteiger partial charge in [0.1, 0.15) is 0 Å². The fraction of sp³-hybridized carbons (Fsp3) is 0.333. The van der Waals surface area contributed by atoms with Crippen molar-refractivity contribution in [1.29, 1.82) is 0 Å². The SMILES string of the molecule is CCOC(=O)C(N)(Cc1ccc2cc(Br)ccc2n1)C(F)(F)F. The summed E-state index contributed by atoms with van der Waals surface area (Å²) < 4.78 is 45.1. The molecule has 0 spiro atoms. The molecule has 0 aliphatic heterocycles. The highest BCUT2D eigenvalue weighted by atomic mass is 79.9. The van der Waals surface area contributed by atoms with E-state index in [9.17, 15) is 18.0 Å². The first-order valence-corrected chi connectivity index (χ1v) is 7.54. The first-order chi connectivity index (χ1) is 10.7. The number of hydrogen-bond donors (Lipinski definition) is 1. The zero-order chi connectivity index (χ0) is 17.3. The predicted molar refractivity (Wildman–Crippen MR) is 82.8 cm³/mol. The molecule has 0 aliphatic rings. The maximum Gasteiger partial charge on any atom is 0.417 e. The van der Waals surface area contributed by atoms with Gasteiger partial charge in [-0.15, -0.1) is 0 Å². The van der Waals surface area contributed by atoms with Gasteiger partial charge in [-0.05, 0) is 31.2 Å². The number of pyridine rings is 1. The molecule has 2 N–H and O–H groups in total. The van der Waals surface area contributed by atoms with Crippen LogP contribution in [-0.4, -0.2) is 29.3 Å². The number of esters is 1. The molecule has 0 amide bonds. The third kappa shape index (κ3) is 3.64. The molecule has 0 saturated heterocycles. The molecule has 2 aromatic rings. The van der Waals surface area contributed by atoms with E-state index in [1.165, 1.54) is 13.0 Å². The number of halogens is 4. The van der Waals surface area contributed by atoms with E-state index < -0.39 is 24.1 Å². The topological polar surface area (TPSA) is 65.2 Å². The molecular formula is C15H14BrF3N2O2. The summed E-state index contributed by atoms with van der Waals surface area (Å²) in [6.45, 7) is 1.23. The summed E-state index contributed by atoms with van der Waals surface area (Å²) in [7, 11) is 0.